The molecule has 3 aromatic carbocycles. The van der Waals surface area contributed by atoms with Gasteiger partial charge in [-0.1, -0.05) is 87.5 Å². The van der Waals surface area contributed by atoms with Crippen molar-refractivity contribution in [3.05, 3.63) is 101 Å². The number of anilines is 1. The quantitative estimate of drug-likeness (QED) is 0.450. The van der Waals surface area contributed by atoms with Gasteiger partial charge in [-0.25, -0.2) is 0 Å². The number of nitrogens with zero attached hydrogens (tertiary/aromatic N) is 2. The molecular formula is C32H41ClN4O2. The van der Waals surface area contributed by atoms with Crippen molar-refractivity contribution in [3.8, 4) is 0 Å². The summed E-state index contributed by atoms with van der Waals surface area (Å²) in [5.41, 5.74) is 4.52. The molecular weight excluding hydrogens is 508 g/mol. The standard InChI is InChI=1S/C29H31ClN4O2.C2H6.CH4/c30-24-12-10-21(11-13-24)18-27(32-28(35)26-19-22-6-4-5-7-23(22)20-31-26)29(36)34-16-14-33(15-17-34)25-8-2-1-3-9-25;1-2;/h1-13,26-27,31H,14-20H2,(H,32,35);1-2H3;1H4/t26?,27-;;/m1../s1. The SMILES string of the molecule is C.CC.O=C(N[C@H](Cc1ccc(Cl)cc1)C(=O)N1CCN(c2ccccc2)CC1)C1Cc2ccccc2CN1. The molecule has 0 aliphatic carbocycles. The topological polar surface area (TPSA) is 64.7 Å². The largest absolute Gasteiger partial charge is 0.368 e. The zero-order valence-corrected chi connectivity index (χ0v) is 23.0. The molecule has 208 valence electrons. The van der Waals surface area contributed by atoms with Crippen LogP contribution in [0.1, 0.15) is 38.0 Å². The van der Waals surface area contributed by atoms with E-state index in [9.17, 15) is 9.59 Å². The number of rotatable bonds is 6. The Kier molecular flexibility index (Phi) is 11.4. The average Bonchev–Trinajstić information content (AvgIpc) is 2.99. The Morgan fingerprint density at radius 1 is 0.897 bits per heavy atom. The molecule has 1 fully saturated rings. The third-order valence-electron chi connectivity index (χ3n) is 7.08. The second-order valence-electron chi connectivity index (χ2n) is 9.45. The molecule has 0 saturated carbocycles. The molecule has 1 unspecified atom stereocenters. The number of para-hydroxylation sites is 1. The fourth-order valence-corrected chi connectivity index (χ4v) is 5.14. The lowest BCUT2D eigenvalue weighted by Gasteiger charge is -2.38. The van der Waals surface area contributed by atoms with Crippen LogP contribution in [0.2, 0.25) is 5.02 Å². The summed E-state index contributed by atoms with van der Waals surface area (Å²) in [6.45, 7) is 7.41. The van der Waals surface area contributed by atoms with E-state index in [1.165, 1.54) is 16.8 Å². The van der Waals surface area contributed by atoms with E-state index < -0.39 is 6.04 Å². The van der Waals surface area contributed by atoms with Crippen LogP contribution in [0, 0.1) is 0 Å². The molecule has 2 N–H and O–H groups in total. The number of nitrogens with one attached hydrogen (secondary N) is 2. The maximum absolute atomic E-state index is 13.7. The van der Waals surface area contributed by atoms with E-state index in [1.807, 2.05) is 73.3 Å². The molecule has 2 aliphatic rings. The molecule has 2 amide bonds. The van der Waals surface area contributed by atoms with Gasteiger partial charge in [0.1, 0.15) is 6.04 Å². The smallest absolute Gasteiger partial charge is 0.245 e. The molecule has 1 saturated heterocycles. The van der Waals surface area contributed by atoms with E-state index in [0.717, 1.165) is 18.7 Å². The van der Waals surface area contributed by atoms with E-state index >= 15 is 0 Å². The maximum Gasteiger partial charge on any atom is 0.245 e. The van der Waals surface area contributed by atoms with Crippen LogP contribution in [0.15, 0.2) is 78.9 Å². The van der Waals surface area contributed by atoms with E-state index in [4.69, 9.17) is 11.6 Å². The second kappa shape index (κ2) is 14.7. The predicted molar refractivity (Wildman–Crippen MR) is 161 cm³/mol. The predicted octanol–water partition coefficient (Wildman–Crippen LogP) is 5.09. The van der Waals surface area contributed by atoms with Crippen LogP contribution in [0.25, 0.3) is 0 Å². The number of hydrogen-bond acceptors (Lipinski definition) is 4. The molecule has 0 radical (unpaired) electrons. The maximum atomic E-state index is 13.7. The first-order chi connectivity index (χ1) is 18.6. The third kappa shape index (κ3) is 7.84. The van der Waals surface area contributed by atoms with Gasteiger partial charge in [-0.3, -0.25) is 9.59 Å². The van der Waals surface area contributed by atoms with Crippen molar-refractivity contribution in [1.82, 2.24) is 15.5 Å². The van der Waals surface area contributed by atoms with E-state index in [-0.39, 0.29) is 25.3 Å². The molecule has 0 bridgehead atoms. The van der Waals surface area contributed by atoms with Crippen molar-refractivity contribution in [2.45, 2.75) is 52.7 Å². The van der Waals surface area contributed by atoms with Crippen molar-refractivity contribution in [3.63, 3.8) is 0 Å². The van der Waals surface area contributed by atoms with Gasteiger partial charge in [-0.15, -0.1) is 0 Å². The van der Waals surface area contributed by atoms with Gasteiger partial charge < -0.3 is 20.4 Å². The Morgan fingerprint density at radius 3 is 2.18 bits per heavy atom. The van der Waals surface area contributed by atoms with Crippen molar-refractivity contribution in [2.24, 2.45) is 0 Å². The van der Waals surface area contributed by atoms with E-state index in [1.54, 1.807) is 0 Å². The summed E-state index contributed by atoms with van der Waals surface area (Å²) in [6, 6.07) is 24.9. The van der Waals surface area contributed by atoms with Gasteiger partial charge in [0.25, 0.3) is 0 Å². The Labute approximate surface area is 238 Å². The fourth-order valence-electron chi connectivity index (χ4n) is 5.01. The average molecular weight is 549 g/mol. The number of benzene rings is 3. The normalized spacial score (nSPS) is 17.1. The van der Waals surface area contributed by atoms with Gasteiger partial charge in [0.2, 0.25) is 11.8 Å². The van der Waals surface area contributed by atoms with Gasteiger partial charge in [0.05, 0.1) is 6.04 Å². The summed E-state index contributed by atoms with van der Waals surface area (Å²) in [5, 5.41) is 7.06. The molecule has 39 heavy (non-hydrogen) atoms. The van der Waals surface area contributed by atoms with Crippen LogP contribution < -0.4 is 15.5 Å². The van der Waals surface area contributed by atoms with E-state index in [2.05, 4.69) is 39.8 Å². The summed E-state index contributed by atoms with van der Waals surface area (Å²) >= 11 is 6.07. The second-order valence-corrected chi connectivity index (χ2v) is 9.88. The number of piperazine rings is 1. The lowest BCUT2D eigenvalue weighted by molar-refractivity contribution is -0.137. The lowest BCUT2D eigenvalue weighted by atomic mass is 9.95. The summed E-state index contributed by atoms with van der Waals surface area (Å²) in [4.78, 5) is 31.2. The van der Waals surface area contributed by atoms with Crippen LogP contribution in [0.4, 0.5) is 5.69 Å². The van der Waals surface area contributed by atoms with Crippen LogP contribution in [-0.2, 0) is 29.0 Å². The van der Waals surface area contributed by atoms with Gasteiger partial charge >= 0.3 is 0 Å². The van der Waals surface area contributed by atoms with E-state index in [0.29, 0.717) is 37.5 Å². The Balaban J connectivity index is 0.00000137. The fraction of sp³-hybridized carbons (Fsp3) is 0.375. The number of amides is 2. The highest BCUT2D eigenvalue weighted by Crippen LogP contribution is 2.19. The highest BCUT2D eigenvalue weighted by molar-refractivity contribution is 6.30. The molecule has 0 spiro atoms. The first kappa shape index (κ1) is 30.2. The highest BCUT2D eigenvalue weighted by Gasteiger charge is 2.32. The number of carbonyl (C=O) groups excluding carboxylic acids is 2. The van der Waals surface area contributed by atoms with Crippen LogP contribution >= 0.6 is 11.6 Å². The van der Waals surface area contributed by atoms with Crippen LogP contribution in [0.5, 0.6) is 0 Å². The minimum Gasteiger partial charge on any atom is -0.368 e. The first-order valence-electron chi connectivity index (χ1n) is 13.5. The first-order valence-corrected chi connectivity index (χ1v) is 13.9. The van der Waals surface area contributed by atoms with Crippen molar-refractivity contribution < 1.29 is 9.59 Å². The number of hydrogen-bond donors (Lipinski definition) is 2. The monoisotopic (exact) mass is 548 g/mol. The Bertz CT molecular complexity index is 1190. The van der Waals surface area contributed by atoms with Crippen molar-refractivity contribution in [2.75, 3.05) is 31.1 Å². The molecule has 2 heterocycles. The van der Waals surface area contributed by atoms with Gasteiger partial charge in [0.15, 0.2) is 0 Å². The van der Waals surface area contributed by atoms with Gasteiger partial charge in [0, 0.05) is 49.9 Å². The molecule has 2 aliphatic heterocycles. The summed E-state index contributed by atoms with van der Waals surface area (Å²) < 4.78 is 0. The lowest BCUT2D eigenvalue weighted by Crippen LogP contribution is -2.58. The molecule has 5 rings (SSSR count). The van der Waals surface area contributed by atoms with Crippen molar-refractivity contribution in [1.29, 1.82) is 0 Å². The van der Waals surface area contributed by atoms with Crippen LogP contribution in [0.3, 0.4) is 0 Å². The van der Waals surface area contributed by atoms with Gasteiger partial charge in [-0.2, -0.15) is 0 Å². The molecule has 2 atom stereocenters. The molecule has 0 aromatic heterocycles. The number of fused-ring (bicyclic) bond motifs is 1. The third-order valence-corrected chi connectivity index (χ3v) is 7.33. The minimum atomic E-state index is -0.638. The highest BCUT2D eigenvalue weighted by atomic mass is 35.5. The number of carbonyl (C=O) groups is 2. The van der Waals surface area contributed by atoms with Gasteiger partial charge in [-0.05, 0) is 47.4 Å². The summed E-state index contributed by atoms with van der Waals surface area (Å²) in [7, 11) is 0. The summed E-state index contributed by atoms with van der Waals surface area (Å²) in [6.07, 6.45) is 1.03. The molecule has 3 aromatic rings. The zero-order chi connectivity index (χ0) is 26.9. The minimum absolute atomic E-state index is 0. The van der Waals surface area contributed by atoms with Crippen LogP contribution in [-0.4, -0.2) is 55.0 Å². The van der Waals surface area contributed by atoms with Crippen molar-refractivity contribution >= 4 is 29.1 Å². The Hall–Kier alpha value is -3.35. The molecule has 6 nitrogen and oxygen atoms in total. The zero-order valence-electron chi connectivity index (χ0n) is 22.2. The summed E-state index contributed by atoms with van der Waals surface area (Å²) in [5.74, 6) is -0.179. The molecule has 7 heteroatoms. The Morgan fingerprint density at radius 2 is 1.51 bits per heavy atom. The number of halogens is 1.